The Hall–Kier alpha value is -2.10. The third kappa shape index (κ3) is 3.38. The van der Waals surface area contributed by atoms with E-state index in [4.69, 9.17) is 4.55 Å². The van der Waals surface area contributed by atoms with Crippen molar-refractivity contribution in [2.24, 2.45) is 0 Å². The van der Waals surface area contributed by atoms with E-state index in [0.29, 0.717) is 0 Å². The van der Waals surface area contributed by atoms with Gasteiger partial charge in [0.25, 0.3) is 0 Å². The lowest BCUT2D eigenvalue weighted by atomic mass is 10.2. The van der Waals surface area contributed by atoms with Crippen molar-refractivity contribution >= 4 is 33.4 Å². The Balaban J connectivity index is 1.83. The van der Waals surface area contributed by atoms with Crippen LogP contribution >= 0.6 is 11.3 Å². The van der Waals surface area contributed by atoms with Crippen LogP contribution in [0.2, 0.25) is 0 Å². The maximum Gasteiger partial charge on any atom is 0.189 e. The fourth-order valence-electron chi connectivity index (χ4n) is 1.93. The number of nitrogens with zero attached hydrogens (tertiary/aromatic N) is 4. The van der Waals surface area contributed by atoms with E-state index in [2.05, 4.69) is 20.4 Å². The highest BCUT2D eigenvalue weighted by atomic mass is 32.2. The third-order valence-corrected chi connectivity index (χ3v) is 4.22. The predicted molar refractivity (Wildman–Crippen MR) is 86.4 cm³/mol. The molecule has 3 aromatic heterocycles. The normalized spacial score (nSPS) is 12.3. The molecule has 0 amide bonds. The van der Waals surface area contributed by atoms with Crippen LogP contribution in [0, 0.1) is 6.92 Å². The average Bonchev–Trinajstić information content (AvgIpc) is 3.06. The Morgan fingerprint density at radius 1 is 1.45 bits per heavy atom. The molecule has 0 fully saturated rings. The van der Waals surface area contributed by atoms with Gasteiger partial charge in [0.15, 0.2) is 16.2 Å². The van der Waals surface area contributed by atoms with E-state index in [1.165, 1.54) is 16.0 Å². The van der Waals surface area contributed by atoms with E-state index in [9.17, 15) is 4.21 Å². The second-order valence-corrected chi connectivity index (χ2v) is 6.59. The maximum atomic E-state index is 10.8. The molecule has 0 bridgehead atoms. The van der Waals surface area contributed by atoms with Crippen molar-refractivity contribution in [3.63, 3.8) is 0 Å². The van der Waals surface area contributed by atoms with E-state index in [1.54, 1.807) is 18.6 Å². The molecule has 0 saturated carbocycles. The molecule has 0 aliphatic heterocycles. The van der Waals surface area contributed by atoms with E-state index in [-0.39, 0.29) is 5.88 Å². The van der Waals surface area contributed by atoms with Gasteiger partial charge in [0.05, 0.1) is 11.9 Å². The van der Waals surface area contributed by atoms with Crippen LogP contribution in [0.5, 0.6) is 0 Å². The van der Waals surface area contributed by atoms with Crippen molar-refractivity contribution in [1.82, 2.24) is 19.7 Å². The summed E-state index contributed by atoms with van der Waals surface area (Å²) in [6.45, 7) is 1.97. The summed E-state index contributed by atoms with van der Waals surface area (Å²) < 4.78 is 21.1. The topological polar surface area (TPSA) is 92.9 Å². The van der Waals surface area contributed by atoms with Gasteiger partial charge in [0.2, 0.25) is 0 Å². The van der Waals surface area contributed by atoms with Crippen molar-refractivity contribution in [2.75, 3.05) is 5.32 Å². The Bertz CT molecular complexity index is 800. The van der Waals surface area contributed by atoms with E-state index < -0.39 is 11.1 Å². The fourth-order valence-corrected chi connectivity index (χ4v) is 3.14. The van der Waals surface area contributed by atoms with Crippen molar-refractivity contribution in [1.29, 1.82) is 0 Å². The van der Waals surface area contributed by atoms with Crippen LogP contribution in [0.4, 0.5) is 10.9 Å². The molecule has 7 nitrogen and oxygen atoms in total. The molecule has 114 valence electrons. The minimum absolute atomic E-state index is 0.0533. The highest BCUT2D eigenvalue weighted by molar-refractivity contribution is 7.78. The van der Waals surface area contributed by atoms with Crippen LogP contribution in [0.3, 0.4) is 0 Å². The molecule has 1 unspecified atom stereocenters. The number of pyridine rings is 1. The van der Waals surface area contributed by atoms with Gasteiger partial charge in [-0.25, -0.2) is 14.2 Å². The van der Waals surface area contributed by atoms with E-state index in [1.807, 2.05) is 25.1 Å². The Morgan fingerprint density at radius 3 is 3.05 bits per heavy atom. The third-order valence-electron chi connectivity index (χ3n) is 2.85. The quantitative estimate of drug-likeness (QED) is 0.696. The largest absolute Gasteiger partial charge is 0.316 e. The van der Waals surface area contributed by atoms with Gasteiger partial charge in [0, 0.05) is 22.8 Å². The Morgan fingerprint density at radius 2 is 2.32 bits per heavy atom. The molecule has 3 rings (SSSR count). The first-order valence-corrected chi connectivity index (χ1v) is 8.47. The molecule has 0 aromatic carbocycles. The van der Waals surface area contributed by atoms with Crippen LogP contribution in [0.25, 0.3) is 11.3 Å². The summed E-state index contributed by atoms with van der Waals surface area (Å²) in [7, 11) is 0. The summed E-state index contributed by atoms with van der Waals surface area (Å²) in [6, 6.07) is 5.62. The standard InChI is InChI=1S/C13H13N5O2S2/c1-9-12(10-6-15-18(7-10)8-22(19)20)17-13(21-9)16-11-4-2-3-5-14-11/h2-7H,8H2,1H3,(H,19,20)(H,14,16,17). The monoisotopic (exact) mass is 335 g/mol. The van der Waals surface area contributed by atoms with Crippen LogP contribution in [-0.2, 0) is 17.0 Å². The zero-order valence-corrected chi connectivity index (χ0v) is 13.3. The van der Waals surface area contributed by atoms with Crippen molar-refractivity contribution in [2.45, 2.75) is 12.8 Å². The predicted octanol–water partition coefficient (Wildman–Crippen LogP) is 2.63. The lowest BCUT2D eigenvalue weighted by molar-refractivity contribution is 0.545. The van der Waals surface area contributed by atoms with Crippen LogP contribution in [-0.4, -0.2) is 28.5 Å². The lowest BCUT2D eigenvalue weighted by Gasteiger charge is -1.99. The van der Waals surface area contributed by atoms with Gasteiger partial charge in [-0.3, -0.25) is 4.68 Å². The zero-order chi connectivity index (χ0) is 15.5. The number of aromatic nitrogens is 4. The molecule has 0 spiro atoms. The first-order valence-electron chi connectivity index (χ1n) is 6.37. The smallest absolute Gasteiger partial charge is 0.189 e. The highest BCUT2D eigenvalue weighted by Crippen LogP contribution is 2.31. The van der Waals surface area contributed by atoms with Crippen LogP contribution in [0.15, 0.2) is 36.8 Å². The summed E-state index contributed by atoms with van der Waals surface area (Å²) in [6.07, 6.45) is 5.06. The van der Waals surface area contributed by atoms with Crippen molar-refractivity contribution in [3.05, 3.63) is 41.7 Å². The summed E-state index contributed by atoms with van der Waals surface area (Å²) in [5.74, 6) is 0.677. The minimum Gasteiger partial charge on any atom is -0.316 e. The van der Waals surface area contributed by atoms with Gasteiger partial charge in [-0.1, -0.05) is 6.07 Å². The summed E-state index contributed by atoms with van der Waals surface area (Å²) in [5.41, 5.74) is 1.62. The molecule has 2 N–H and O–H groups in total. The van der Waals surface area contributed by atoms with E-state index >= 15 is 0 Å². The number of hydrogen-bond donors (Lipinski definition) is 2. The lowest BCUT2D eigenvalue weighted by Crippen LogP contribution is -2.03. The van der Waals surface area contributed by atoms with Gasteiger partial charge in [-0.15, -0.1) is 11.3 Å². The van der Waals surface area contributed by atoms with Gasteiger partial charge in [-0.05, 0) is 19.1 Å². The van der Waals surface area contributed by atoms with Gasteiger partial charge in [0.1, 0.15) is 11.7 Å². The van der Waals surface area contributed by atoms with Crippen LogP contribution in [0.1, 0.15) is 4.88 Å². The van der Waals surface area contributed by atoms with Gasteiger partial charge in [-0.2, -0.15) is 5.10 Å². The van der Waals surface area contributed by atoms with Gasteiger partial charge >= 0.3 is 0 Å². The van der Waals surface area contributed by atoms with Gasteiger partial charge < -0.3 is 9.87 Å². The minimum atomic E-state index is -1.92. The van der Waals surface area contributed by atoms with Crippen molar-refractivity contribution in [3.8, 4) is 11.3 Å². The Labute approximate surface area is 133 Å². The van der Waals surface area contributed by atoms with Crippen molar-refractivity contribution < 1.29 is 8.76 Å². The first-order chi connectivity index (χ1) is 10.6. The SMILES string of the molecule is Cc1sc(Nc2ccccn2)nc1-c1cnn(CS(=O)O)c1. The molecule has 3 aromatic rings. The molecule has 0 saturated heterocycles. The fraction of sp³-hybridized carbons (Fsp3) is 0.154. The molecule has 3 heterocycles. The number of rotatable bonds is 5. The number of anilines is 2. The second kappa shape index (κ2) is 6.34. The zero-order valence-electron chi connectivity index (χ0n) is 11.6. The molecule has 9 heteroatoms. The second-order valence-electron chi connectivity index (χ2n) is 4.48. The highest BCUT2D eigenvalue weighted by Gasteiger charge is 2.12. The molecule has 0 radical (unpaired) electrons. The van der Waals surface area contributed by atoms with Crippen LogP contribution < -0.4 is 5.32 Å². The molecule has 1 atom stereocenters. The Kier molecular flexibility index (Phi) is 4.27. The summed E-state index contributed by atoms with van der Waals surface area (Å²) in [4.78, 5) is 9.77. The number of aryl methyl sites for hydroxylation is 1. The first kappa shape index (κ1) is 14.8. The number of nitrogens with one attached hydrogen (secondary N) is 1. The summed E-state index contributed by atoms with van der Waals surface area (Å²) in [5, 5.41) is 7.96. The number of hydrogen-bond acceptors (Lipinski definition) is 6. The molecule has 0 aliphatic carbocycles. The maximum absolute atomic E-state index is 10.8. The molecule has 0 aliphatic rings. The average molecular weight is 335 g/mol. The van der Waals surface area contributed by atoms with E-state index in [0.717, 1.165) is 27.1 Å². The molecule has 22 heavy (non-hydrogen) atoms. The number of thiazole rings is 1. The summed E-state index contributed by atoms with van der Waals surface area (Å²) >= 11 is -0.406. The molecular formula is C13H13N5O2S2. The molecular weight excluding hydrogens is 322 g/mol.